The van der Waals surface area contributed by atoms with E-state index in [1.807, 2.05) is 49.4 Å². The van der Waals surface area contributed by atoms with E-state index in [9.17, 15) is 9.59 Å². The highest BCUT2D eigenvalue weighted by atomic mass is 32.2. The fourth-order valence-corrected chi connectivity index (χ4v) is 3.57. The summed E-state index contributed by atoms with van der Waals surface area (Å²) in [5.74, 6) is 0.165. The fourth-order valence-electron chi connectivity index (χ4n) is 2.58. The van der Waals surface area contributed by atoms with E-state index in [1.165, 1.54) is 17.8 Å². The summed E-state index contributed by atoms with van der Waals surface area (Å²) in [4.78, 5) is 31.2. The Labute approximate surface area is 143 Å². The first-order chi connectivity index (χ1) is 11.6. The molecule has 0 bridgehead atoms. The lowest BCUT2D eigenvalue weighted by Crippen LogP contribution is -2.19. The second-order valence-corrected chi connectivity index (χ2v) is 6.57. The van der Waals surface area contributed by atoms with Gasteiger partial charge in [-0.25, -0.2) is 4.98 Å². The molecular weight excluding hydrogens is 322 g/mol. The number of anilines is 1. The van der Waals surface area contributed by atoms with Gasteiger partial charge in [-0.1, -0.05) is 61.2 Å². The summed E-state index contributed by atoms with van der Waals surface area (Å²) in [6.45, 7) is 1.94. The van der Waals surface area contributed by atoms with Crippen molar-refractivity contribution in [3.8, 4) is 0 Å². The van der Waals surface area contributed by atoms with E-state index in [4.69, 9.17) is 5.73 Å². The van der Waals surface area contributed by atoms with E-state index in [1.54, 1.807) is 0 Å². The van der Waals surface area contributed by atoms with Crippen molar-refractivity contribution in [1.82, 2.24) is 9.97 Å². The minimum absolute atomic E-state index is 0.0179. The van der Waals surface area contributed by atoms with Crippen LogP contribution < -0.4 is 11.3 Å². The lowest BCUT2D eigenvalue weighted by atomic mass is 9.99. The molecule has 2 aromatic carbocycles. The molecule has 3 N–H and O–H groups in total. The molecule has 0 saturated heterocycles. The molecule has 1 unspecified atom stereocenters. The van der Waals surface area contributed by atoms with Gasteiger partial charge in [0.05, 0.1) is 5.25 Å². The number of nitrogen functional groups attached to an aromatic ring is 1. The summed E-state index contributed by atoms with van der Waals surface area (Å²) in [7, 11) is 0. The molecule has 0 fully saturated rings. The van der Waals surface area contributed by atoms with Gasteiger partial charge in [0.25, 0.3) is 5.56 Å². The van der Waals surface area contributed by atoms with E-state index >= 15 is 0 Å². The number of carbonyl (C=O) groups excluding carboxylic acids is 1. The van der Waals surface area contributed by atoms with Crippen LogP contribution in [0, 0.1) is 0 Å². The maximum Gasteiger partial charge on any atom is 0.253 e. The van der Waals surface area contributed by atoms with Crippen LogP contribution in [0.1, 0.15) is 23.7 Å². The van der Waals surface area contributed by atoms with E-state index in [2.05, 4.69) is 9.97 Å². The number of carbonyl (C=O) groups is 1. The third kappa shape index (κ3) is 3.33. The predicted molar refractivity (Wildman–Crippen MR) is 97.5 cm³/mol. The summed E-state index contributed by atoms with van der Waals surface area (Å²) < 4.78 is 0. The van der Waals surface area contributed by atoms with Crippen molar-refractivity contribution < 1.29 is 4.79 Å². The summed E-state index contributed by atoms with van der Waals surface area (Å²) >= 11 is 1.23. The number of H-pyrrole nitrogens is 1. The number of hydrogen-bond donors (Lipinski definition) is 2. The van der Waals surface area contributed by atoms with Gasteiger partial charge in [0.2, 0.25) is 0 Å². The monoisotopic (exact) mass is 339 g/mol. The number of nitrogens with zero attached hydrogens (tertiary/aromatic N) is 1. The van der Waals surface area contributed by atoms with Gasteiger partial charge in [0, 0.05) is 11.6 Å². The molecular formula is C18H17N3O2S. The molecule has 122 valence electrons. The van der Waals surface area contributed by atoms with Gasteiger partial charge in [-0.15, -0.1) is 0 Å². The van der Waals surface area contributed by atoms with Crippen molar-refractivity contribution in [2.24, 2.45) is 0 Å². The Morgan fingerprint density at radius 2 is 2.00 bits per heavy atom. The molecule has 0 aliphatic rings. The number of Topliss-reactive ketones (excluding diaryl/α,β-unsaturated/α-hetero) is 1. The maximum absolute atomic E-state index is 13.0. The topological polar surface area (TPSA) is 88.8 Å². The maximum atomic E-state index is 13.0. The van der Waals surface area contributed by atoms with Gasteiger partial charge < -0.3 is 10.7 Å². The molecule has 6 heteroatoms. The van der Waals surface area contributed by atoms with Gasteiger partial charge in [0.15, 0.2) is 10.9 Å². The van der Waals surface area contributed by atoms with Gasteiger partial charge in [-0.3, -0.25) is 9.59 Å². The molecule has 0 aliphatic heterocycles. The second kappa shape index (κ2) is 6.88. The number of nitrogens with two attached hydrogens (primary N) is 1. The third-order valence-corrected chi connectivity index (χ3v) is 4.96. The number of aromatic nitrogens is 2. The largest absolute Gasteiger partial charge is 0.383 e. The van der Waals surface area contributed by atoms with Crippen molar-refractivity contribution in [2.75, 3.05) is 5.73 Å². The van der Waals surface area contributed by atoms with Crippen LogP contribution in [0.4, 0.5) is 5.82 Å². The number of hydrogen-bond acceptors (Lipinski definition) is 5. The first-order valence-corrected chi connectivity index (χ1v) is 8.52. The van der Waals surface area contributed by atoms with Gasteiger partial charge in [-0.2, -0.15) is 0 Å². The van der Waals surface area contributed by atoms with Crippen LogP contribution in [-0.4, -0.2) is 21.0 Å². The highest BCUT2D eigenvalue weighted by Gasteiger charge is 2.22. The average molecular weight is 339 g/mol. The molecule has 5 nitrogen and oxygen atoms in total. The Kier molecular flexibility index (Phi) is 4.66. The molecule has 0 radical (unpaired) electrons. The highest BCUT2D eigenvalue weighted by molar-refractivity contribution is 8.00. The smallest absolute Gasteiger partial charge is 0.253 e. The molecule has 3 aromatic rings. The minimum atomic E-state index is -0.347. The average Bonchev–Trinajstić information content (AvgIpc) is 2.57. The van der Waals surface area contributed by atoms with Crippen LogP contribution >= 0.6 is 11.8 Å². The molecule has 0 amide bonds. The Morgan fingerprint density at radius 1 is 1.25 bits per heavy atom. The normalized spacial score (nSPS) is 12.2. The van der Waals surface area contributed by atoms with Crippen LogP contribution in [0.3, 0.4) is 0 Å². The highest BCUT2D eigenvalue weighted by Crippen LogP contribution is 2.28. The molecule has 1 heterocycles. The van der Waals surface area contributed by atoms with Crippen LogP contribution in [0.15, 0.2) is 58.5 Å². The molecule has 0 spiro atoms. The Bertz CT molecular complexity index is 947. The van der Waals surface area contributed by atoms with Crippen LogP contribution in [0.5, 0.6) is 0 Å². The van der Waals surface area contributed by atoms with Crippen molar-refractivity contribution in [3.05, 3.63) is 64.4 Å². The van der Waals surface area contributed by atoms with Crippen molar-refractivity contribution in [1.29, 1.82) is 0 Å². The number of rotatable bonds is 5. The van der Waals surface area contributed by atoms with E-state index in [0.717, 1.165) is 10.8 Å². The Hall–Kier alpha value is -2.60. The van der Waals surface area contributed by atoms with Crippen molar-refractivity contribution >= 4 is 34.1 Å². The molecule has 3 rings (SSSR count). The number of nitrogens with one attached hydrogen (secondary N) is 1. The Morgan fingerprint density at radius 3 is 2.75 bits per heavy atom. The first-order valence-electron chi connectivity index (χ1n) is 7.64. The summed E-state index contributed by atoms with van der Waals surface area (Å²) in [6.07, 6.45) is 0.616. The molecule has 1 aromatic heterocycles. The fraction of sp³-hybridized carbons (Fsp3) is 0.167. The number of benzene rings is 2. The standard InChI is InChI=1S/C18H17N3O2S/c1-2-14(24-18-20-15(19)10-16(22)21-18)17(23)13-9-5-7-11-6-3-4-8-12(11)13/h3-10,14H,2H2,1H3,(H3,19,20,21,22). The molecule has 1 atom stereocenters. The van der Waals surface area contributed by atoms with E-state index < -0.39 is 0 Å². The van der Waals surface area contributed by atoms with Gasteiger partial charge in [-0.05, 0) is 17.2 Å². The zero-order valence-electron chi connectivity index (χ0n) is 13.2. The Balaban J connectivity index is 1.95. The van der Waals surface area contributed by atoms with Crippen LogP contribution in [-0.2, 0) is 0 Å². The molecule has 24 heavy (non-hydrogen) atoms. The lowest BCUT2D eigenvalue weighted by molar-refractivity contribution is 0.0989. The molecule has 0 aliphatic carbocycles. The summed E-state index contributed by atoms with van der Waals surface area (Å²) in [6, 6.07) is 14.7. The quantitative estimate of drug-likeness (QED) is 0.423. The number of fused-ring (bicyclic) bond motifs is 1. The summed E-state index contributed by atoms with van der Waals surface area (Å²) in [5, 5.41) is 1.97. The van der Waals surface area contributed by atoms with E-state index in [0.29, 0.717) is 17.1 Å². The predicted octanol–water partition coefficient (Wildman–Crippen LogP) is 3.26. The number of aromatic amines is 1. The minimum Gasteiger partial charge on any atom is -0.383 e. The zero-order valence-corrected chi connectivity index (χ0v) is 14.0. The van der Waals surface area contributed by atoms with Crippen molar-refractivity contribution in [3.63, 3.8) is 0 Å². The lowest BCUT2D eigenvalue weighted by Gasteiger charge is -2.14. The van der Waals surface area contributed by atoms with Gasteiger partial charge in [0.1, 0.15) is 5.82 Å². The zero-order chi connectivity index (χ0) is 17.1. The first kappa shape index (κ1) is 16.3. The SMILES string of the molecule is CCC(Sc1nc(N)cc(=O)[nH]1)C(=O)c1cccc2ccccc12. The third-order valence-electron chi connectivity index (χ3n) is 3.71. The van der Waals surface area contributed by atoms with Crippen LogP contribution in [0.2, 0.25) is 0 Å². The second-order valence-electron chi connectivity index (χ2n) is 5.38. The van der Waals surface area contributed by atoms with Crippen molar-refractivity contribution in [2.45, 2.75) is 23.8 Å². The number of ketones is 1. The van der Waals surface area contributed by atoms with Crippen LogP contribution in [0.25, 0.3) is 10.8 Å². The summed E-state index contributed by atoms with van der Waals surface area (Å²) in [5.41, 5.74) is 5.97. The number of thioether (sulfide) groups is 1. The molecule has 0 saturated carbocycles. The van der Waals surface area contributed by atoms with Gasteiger partial charge >= 0.3 is 0 Å². The van der Waals surface area contributed by atoms with E-state index in [-0.39, 0.29) is 22.4 Å².